The molecule has 2 rings (SSSR count). The summed E-state index contributed by atoms with van der Waals surface area (Å²) in [7, 11) is -3.54. The maximum Gasteiger partial charge on any atom is 0.261 e. The summed E-state index contributed by atoms with van der Waals surface area (Å²) in [5.41, 5.74) is 0. The molecule has 0 aliphatic carbocycles. The molecule has 1 aliphatic rings. The molecule has 8 heteroatoms. The third-order valence-electron chi connectivity index (χ3n) is 3.02. The Kier molecular flexibility index (Phi) is 4.79. The molecule has 0 saturated carbocycles. The molecule has 2 heterocycles. The fourth-order valence-electron chi connectivity index (χ4n) is 2.01. The average Bonchev–Trinajstić information content (AvgIpc) is 2.83. The highest BCUT2D eigenvalue weighted by Gasteiger charge is 2.29. The number of morpholine rings is 1. The zero-order chi connectivity index (χ0) is 14.8. The number of ether oxygens (including phenoxy) is 1. The van der Waals surface area contributed by atoms with E-state index in [9.17, 15) is 13.2 Å². The second kappa shape index (κ2) is 6.21. The van der Waals surface area contributed by atoms with E-state index >= 15 is 0 Å². The fraction of sp³-hybridized carbons (Fsp3) is 0.583. The fourth-order valence-corrected chi connectivity index (χ4v) is 4.89. The van der Waals surface area contributed by atoms with Gasteiger partial charge in [-0.1, -0.05) is 0 Å². The number of aryl methyl sites for hydroxylation is 1. The number of amides is 1. The molecule has 1 fully saturated rings. The van der Waals surface area contributed by atoms with E-state index in [2.05, 4.69) is 5.32 Å². The molecule has 112 valence electrons. The summed E-state index contributed by atoms with van der Waals surface area (Å²) in [5, 5.41) is 2.68. The van der Waals surface area contributed by atoms with E-state index in [-0.39, 0.29) is 10.8 Å². The topological polar surface area (TPSA) is 75.7 Å². The van der Waals surface area contributed by atoms with Gasteiger partial charge in [-0.2, -0.15) is 4.31 Å². The number of hydrogen-bond donors (Lipinski definition) is 1. The van der Waals surface area contributed by atoms with E-state index in [0.717, 1.165) is 0 Å². The first-order chi connectivity index (χ1) is 9.46. The van der Waals surface area contributed by atoms with Crippen molar-refractivity contribution in [3.05, 3.63) is 15.8 Å². The molecule has 1 N–H and O–H groups in total. The van der Waals surface area contributed by atoms with E-state index in [1.54, 1.807) is 6.92 Å². The third kappa shape index (κ3) is 3.03. The second-order valence-electron chi connectivity index (χ2n) is 4.41. The summed E-state index contributed by atoms with van der Waals surface area (Å²) in [4.78, 5) is 13.1. The minimum absolute atomic E-state index is 0.227. The molecule has 1 amide bonds. The van der Waals surface area contributed by atoms with Crippen LogP contribution in [0.1, 0.15) is 21.5 Å². The molecule has 1 aromatic heterocycles. The molecule has 0 atom stereocenters. The van der Waals surface area contributed by atoms with Crippen LogP contribution in [0.4, 0.5) is 0 Å². The van der Waals surface area contributed by atoms with Crippen LogP contribution in [0.2, 0.25) is 0 Å². The predicted octanol–water partition coefficient (Wildman–Crippen LogP) is 0.827. The first-order valence-corrected chi connectivity index (χ1v) is 8.69. The summed E-state index contributed by atoms with van der Waals surface area (Å²) < 4.78 is 31.7. The Morgan fingerprint density at radius 3 is 2.70 bits per heavy atom. The van der Waals surface area contributed by atoms with Gasteiger partial charge in [-0.25, -0.2) is 8.42 Å². The molecule has 1 saturated heterocycles. The number of rotatable bonds is 4. The first kappa shape index (κ1) is 15.4. The van der Waals surface area contributed by atoms with Gasteiger partial charge in [0.1, 0.15) is 0 Å². The van der Waals surface area contributed by atoms with Crippen molar-refractivity contribution in [2.45, 2.75) is 18.7 Å². The molecule has 1 aliphatic heterocycles. The lowest BCUT2D eigenvalue weighted by Crippen LogP contribution is -2.40. The largest absolute Gasteiger partial charge is 0.379 e. The normalized spacial score (nSPS) is 17.1. The molecule has 0 radical (unpaired) electrons. The number of thiophene rings is 1. The predicted molar refractivity (Wildman–Crippen MR) is 76.6 cm³/mol. The zero-order valence-corrected chi connectivity index (χ0v) is 13.1. The van der Waals surface area contributed by atoms with Crippen LogP contribution in [0.3, 0.4) is 0 Å². The number of hydrogen-bond acceptors (Lipinski definition) is 5. The molecule has 1 aromatic rings. The molecular weight excluding hydrogens is 300 g/mol. The summed E-state index contributed by atoms with van der Waals surface area (Å²) in [5.74, 6) is -0.232. The van der Waals surface area contributed by atoms with Crippen LogP contribution in [0, 0.1) is 6.92 Å². The number of carbonyl (C=O) groups excluding carboxylic acids is 1. The molecule has 0 unspecified atom stereocenters. The highest BCUT2D eigenvalue weighted by Crippen LogP contribution is 2.28. The van der Waals surface area contributed by atoms with Gasteiger partial charge in [0.25, 0.3) is 5.91 Å². The van der Waals surface area contributed by atoms with Crippen molar-refractivity contribution in [3.8, 4) is 0 Å². The number of carbonyl (C=O) groups is 1. The van der Waals surface area contributed by atoms with Crippen molar-refractivity contribution in [2.24, 2.45) is 0 Å². The van der Waals surface area contributed by atoms with Crippen molar-refractivity contribution in [1.82, 2.24) is 9.62 Å². The minimum atomic E-state index is -3.54. The second-order valence-corrected chi connectivity index (χ2v) is 7.57. The van der Waals surface area contributed by atoms with Crippen LogP contribution in [-0.4, -0.2) is 51.5 Å². The van der Waals surface area contributed by atoms with Crippen LogP contribution in [0.5, 0.6) is 0 Å². The van der Waals surface area contributed by atoms with Crippen LogP contribution >= 0.6 is 11.3 Å². The number of nitrogens with zero attached hydrogens (tertiary/aromatic N) is 1. The van der Waals surface area contributed by atoms with E-state index in [1.165, 1.54) is 21.7 Å². The Bertz CT molecular complexity index is 589. The Morgan fingerprint density at radius 2 is 2.10 bits per heavy atom. The van der Waals surface area contributed by atoms with Crippen LogP contribution < -0.4 is 5.32 Å². The van der Waals surface area contributed by atoms with Gasteiger partial charge in [-0.3, -0.25) is 4.79 Å². The highest BCUT2D eigenvalue weighted by molar-refractivity contribution is 7.89. The SMILES string of the molecule is CCNC(=O)c1cc(S(=O)(=O)N2CCOCC2)c(C)s1. The Balaban J connectivity index is 2.29. The van der Waals surface area contributed by atoms with Gasteiger partial charge in [-0.15, -0.1) is 11.3 Å². The lowest BCUT2D eigenvalue weighted by Gasteiger charge is -2.25. The minimum Gasteiger partial charge on any atom is -0.379 e. The van der Waals surface area contributed by atoms with Gasteiger partial charge in [0.15, 0.2) is 0 Å². The number of nitrogens with one attached hydrogen (secondary N) is 1. The lowest BCUT2D eigenvalue weighted by molar-refractivity contribution is 0.0730. The van der Waals surface area contributed by atoms with Crippen molar-refractivity contribution in [2.75, 3.05) is 32.8 Å². The molecule has 0 bridgehead atoms. The molecular formula is C12H18N2O4S2. The van der Waals surface area contributed by atoms with E-state index in [1.807, 2.05) is 6.92 Å². The maximum atomic E-state index is 12.5. The molecule has 0 aromatic carbocycles. The Morgan fingerprint density at radius 1 is 1.45 bits per heavy atom. The molecule has 6 nitrogen and oxygen atoms in total. The van der Waals surface area contributed by atoms with Crippen molar-refractivity contribution >= 4 is 27.3 Å². The Labute approximate surface area is 122 Å². The molecule has 0 spiro atoms. The van der Waals surface area contributed by atoms with E-state index in [4.69, 9.17) is 4.74 Å². The van der Waals surface area contributed by atoms with Gasteiger partial charge in [-0.05, 0) is 19.9 Å². The van der Waals surface area contributed by atoms with Crippen LogP contribution in [0.15, 0.2) is 11.0 Å². The molecule has 20 heavy (non-hydrogen) atoms. The zero-order valence-electron chi connectivity index (χ0n) is 11.5. The van der Waals surface area contributed by atoms with Crippen LogP contribution in [-0.2, 0) is 14.8 Å². The number of sulfonamides is 1. The standard InChI is InChI=1S/C12H18N2O4S2/c1-3-13-12(15)10-8-11(9(2)19-10)20(16,17)14-4-6-18-7-5-14/h8H,3-7H2,1-2H3,(H,13,15). The van der Waals surface area contributed by atoms with Gasteiger partial charge in [0.05, 0.1) is 23.0 Å². The summed E-state index contributed by atoms with van der Waals surface area (Å²) in [6.45, 7) is 5.59. The van der Waals surface area contributed by atoms with E-state index < -0.39 is 10.0 Å². The van der Waals surface area contributed by atoms with Crippen molar-refractivity contribution in [1.29, 1.82) is 0 Å². The third-order valence-corrected chi connectivity index (χ3v) is 6.22. The van der Waals surface area contributed by atoms with Crippen LogP contribution in [0.25, 0.3) is 0 Å². The maximum absolute atomic E-state index is 12.5. The van der Waals surface area contributed by atoms with Gasteiger partial charge >= 0.3 is 0 Å². The highest BCUT2D eigenvalue weighted by atomic mass is 32.2. The van der Waals surface area contributed by atoms with Gasteiger partial charge in [0.2, 0.25) is 10.0 Å². The van der Waals surface area contributed by atoms with E-state index in [0.29, 0.717) is 42.6 Å². The van der Waals surface area contributed by atoms with Crippen molar-refractivity contribution < 1.29 is 17.9 Å². The van der Waals surface area contributed by atoms with Gasteiger partial charge in [0, 0.05) is 24.5 Å². The summed E-state index contributed by atoms with van der Waals surface area (Å²) in [6.07, 6.45) is 0. The van der Waals surface area contributed by atoms with Crippen molar-refractivity contribution in [3.63, 3.8) is 0 Å². The van der Waals surface area contributed by atoms with Gasteiger partial charge < -0.3 is 10.1 Å². The first-order valence-electron chi connectivity index (χ1n) is 6.43. The summed E-state index contributed by atoms with van der Waals surface area (Å²) >= 11 is 1.20. The quantitative estimate of drug-likeness (QED) is 0.892. The smallest absolute Gasteiger partial charge is 0.261 e. The average molecular weight is 318 g/mol. The lowest BCUT2D eigenvalue weighted by atomic mass is 10.4. The Hall–Kier alpha value is -0.960. The summed E-state index contributed by atoms with van der Waals surface area (Å²) in [6, 6.07) is 1.47. The monoisotopic (exact) mass is 318 g/mol.